The number of benzene rings is 2. The smallest absolute Gasteiger partial charge is 0.251 e. The predicted molar refractivity (Wildman–Crippen MR) is 124 cm³/mol. The van der Waals surface area contributed by atoms with Gasteiger partial charge in [0.25, 0.3) is 5.91 Å². The lowest BCUT2D eigenvalue weighted by molar-refractivity contribution is -0.00784. The summed E-state index contributed by atoms with van der Waals surface area (Å²) >= 11 is 0. The SMILES string of the molecule is Cn1cc(-c2ccc3c(c2)OC[C@H]3NC(=O)c2ccc3ncc4c(c3c2)COC4(C)C)cn1. The van der Waals surface area contributed by atoms with Gasteiger partial charge in [-0.05, 0) is 49.2 Å². The van der Waals surface area contributed by atoms with Gasteiger partial charge in [0, 0.05) is 47.1 Å². The molecule has 2 aromatic heterocycles. The number of carbonyl (C=O) groups is 1. The van der Waals surface area contributed by atoms with Crippen molar-refractivity contribution in [2.24, 2.45) is 7.05 Å². The van der Waals surface area contributed by atoms with Gasteiger partial charge in [0.1, 0.15) is 12.4 Å². The van der Waals surface area contributed by atoms with Gasteiger partial charge in [0.15, 0.2) is 0 Å². The number of hydrogen-bond donors (Lipinski definition) is 1. The zero-order chi connectivity index (χ0) is 22.7. The number of ether oxygens (including phenoxy) is 2. The minimum atomic E-state index is -0.367. The maximum atomic E-state index is 13.1. The minimum absolute atomic E-state index is 0.134. The molecule has 33 heavy (non-hydrogen) atoms. The van der Waals surface area contributed by atoms with Gasteiger partial charge < -0.3 is 14.8 Å². The molecule has 2 aliphatic rings. The number of nitrogens with zero attached hydrogens (tertiary/aromatic N) is 3. The van der Waals surface area contributed by atoms with E-state index in [0.29, 0.717) is 18.8 Å². The van der Waals surface area contributed by atoms with Crippen LogP contribution in [-0.2, 0) is 24.0 Å². The highest BCUT2D eigenvalue weighted by molar-refractivity contribution is 5.99. The second-order valence-corrected chi connectivity index (χ2v) is 9.17. The molecular formula is C26H24N4O3. The lowest BCUT2D eigenvalue weighted by Gasteiger charge is -2.17. The van der Waals surface area contributed by atoms with Crippen molar-refractivity contribution in [2.75, 3.05) is 6.61 Å². The largest absolute Gasteiger partial charge is 0.491 e. The monoisotopic (exact) mass is 440 g/mol. The van der Waals surface area contributed by atoms with Gasteiger partial charge in [0.2, 0.25) is 0 Å². The molecule has 0 bridgehead atoms. The third-order valence-corrected chi connectivity index (χ3v) is 6.61. The first-order chi connectivity index (χ1) is 15.9. The van der Waals surface area contributed by atoms with Crippen LogP contribution in [0.25, 0.3) is 22.0 Å². The number of amides is 1. The van der Waals surface area contributed by atoms with E-state index < -0.39 is 0 Å². The topological polar surface area (TPSA) is 78.3 Å². The number of carbonyl (C=O) groups excluding carboxylic acids is 1. The van der Waals surface area contributed by atoms with Crippen molar-refractivity contribution in [2.45, 2.75) is 32.1 Å². The number of aryl methyl sites for hydroxylation is 1. The summed E-state index contributed by atoms with van der Waals surface area (Å²) in [5.74, 6) is 0.659. The van der Waals surface area contributed by atoms with Gasteiger partial charge >= 0.3 is 0 Å². The minimum Gasteiger partial charge on any atom is -0.491 e. The number of nitrogens with one attached hydrogen (secondary N) is 1. The van der Waals surface area contributed by atoms with Crippen LogP contribution in [0.3, 0.4) is 0 Å². The Morgan fingerprint density at radius 1 is 1.15 bits per heavy atom. The summed E-state index contributed by atoms with van der Waals surface area (Å²) in [7, 11) is 1.89. The number of fused-ring (bicyclic) bond motifs is 4. The summed E-state index contributed by atoms with van der Waals surface area (Å²) in [5, 5.41) is 8.33. The van der Waals surface area contributed by atoms with E-state index in [-0.39, 0.29) is 17.6 Å². The Kier molecular flexibility index (Phi) is 4.32. The fourth-order valence-electron chi connectivity index (χ4n) is 4.71. The van der Waals surface area contributed by atoms with E-state index in [2.05, 4.69) is 15.4 Å². The average molecular weight is 441 g/mol. The van der Waals surface area contributed by atoms with Crippen molar-refractivity contribution in [3.05, 3.63) is 77.2 Å². The molecule has 2 aromatic carbocycles. The third kappa shape index (κ3) is 3.27. The molecule has 4 aromatic rings. The molecule has 6 rings (SSSR count). The molecule has 0 aliphatic carbocycles. The maximum absolute atomic E-state index is 13.1. The molecule has 0 radical (unpaired) electrons. The van der Waals surface area contributed by atoms with Crippen molar-refractivity contribution >= 4 is 16.8 Å². The van der Waals surface area contributed by atoms with Gasteiger partial charge in [-0.1, -0.05) is 12.1 Å². The Labute approximate surface area is 191 Å². The van der Waals surface area contributed by atoms with Gasteiger partial charge in [-0.3, -0.25) is 14.5 Å². The molecule has 1 atom stereocenters. The van der Waals surface area contributed by atoms with Crippen LogP contribution < -0.4 is 10.1 Å². The van der Waals surface area contributed by atoms with E-state index in [0.717, 1.165) is 44.5 Å². The molecule has 7 heteroatoms. The number of aromatic nitrogens is 3. The second kappa shape index (κ2) is 7.15. The highest BCUT2D eigenvalue weighted by Crippen LogP contribution is 2.39. The summed E-state index contributed by atoms with van der Waals surface area (Å²) in [6, 6.07) is 11.5. The fraction of sp³-hybridized carbons (Fsp3) is 0.269. The molecule has 1 amide bonds. The molecule has 4 heterocycles. The fourth-order valence-corrected chi connectivity index (χ4v) is 4.71. The number of rotatable bonds is 3. The standard InChI is InChI=1S/C26H24N4O3/c1-26(2)21-11-27-22-7-5-16(8-19(22)20(21)13-33-26)25(31)29-23-14-32-24-9-15(4-6-18(23)24)17-10-28-30(3)12-17/h4-12,23H,13-14H2,1-3H3,(H,29,31)/t23-/m1/s1. The number of hydrogen-bond acceptors (Lipinski definition) is 5. The average Bonchev–Trinajstić information content (AvgIpc) is 3.50. The first kappa shape index (κ1) is 19.9. The molecule has 0 unspecified atom stereocenters. The Bertz CT molecular complexity index is 1420. The molecule has 0 saturated carbocycles. The lowest BCUT2D eigenvalue weighted by Crippen LogP contribution is -2.29. The van der Waals surface area contributed by atoms with Crippen molar-refractivity contribution in [3.8, 4) is 16.9 Å². The maximum Gasteiger partial charge on any atom is 0.251 e. The van der Waals surface area contributed by atoms with E-state index in [1.54, 1.807) is 4.68 Å². The van der Waals surface area contributed by atoms with Crippen LogP contribution in [0.5, 0.6) is 5.75 Å². The Morgan fingerprint density at radius 3 is 2.85 bits per heavy atom. The zero-order valence-electron chi connectivity index (χ0n) is 18.8. The Hall–Kier alpha value is -3.71. The molecular weight excluding hydrogens is 416 g/mol. The van der Waals surface area contributed by atoms with E-state index in [9.17, 15) is 4.79 Å². The Balaban J connectivity index is 1.27. The van der Waals surface area contributed by atoms with Crippen molar-refractivity contribution in [1.29, 1.82) is 0 Å². The van der Waals surface area contributed by atoms with Crippen LogP contribution in [0, 0.1) is 0 Å². The summed E-state index contributed by atoms with van der Waals surface area (Å²) in [5.41, 5.74) is 6.33. The lowest BCUT2D eigenvalue weighted by atomic mass is 9.95. The summed E-state index contributed by atoms with van der Waals surface area (Å²) in [4.78, 5) is 17.7. The molecule has 0 spiro atoms. The third-order valence-electron chi connectivity index (χ3n) is 6.61. The molecule has 7 nitrogen and oxygen atoms in total. The van der Waals surface area contributed by atoms with Crippen LogP contribution >= 0.6 is 0 Å². The van der Waals surface area contributed by atoms with Crippen LogP contribution in [0.2, 0.25) is 0 Å². The zero-order valence-corrected chi connectivity index (χ0v) is 18.8. The Morgan fingerprint density at radius 2 is 2.03 bits per heavy atom. The van der Waals surface area contributed by atoms with E-state index in [4.69, 9.17) is 9.47 Å². The quantitative estimate of drug-likeness (QED) is 0.515. The first-order valence-corrected chi connectivity index (χ1v) is 11.0. The highest BCUT2D eigenvalue weighted by atomic mass is 16.5. The molecule has 2 aliphatic heterocycles. The van der Waals surface area contributed by atoms with Gasteiger partial charge in [-0.25, -0.2) is 0 Å². The van der Waals surface area contributed by atoms with E-state index in [1.807, 2.05) is 75.9 Å². The van der Waals surface area contributed by atoms with Gasteiger partial charge in [-0.2, -0.15) is 5.10 Å². The highest BCUT2D eigenvalue weighted by Gasteiger charge is 2.33. The molecule has 166 valence electrons. The van der Waals surface area contributed by atoms with Crippen LogP contribution in [-0.4, -0.2) is 27.3 Å². The molecule has 0 saturated heterocycles. The van der Waals surface area contributed by atoms with Crippen molar-refractivity contribution < 1.29 is 14.3 Å². The van der Waals surface area contributed by atoms with Gasteiger partial charge in [0.05, 0.1) is 30.0 Å². The number of pyridine rings is 1. The second-order valence-electron chi connectivity index (χ2n) is 9.17. The summed E-state index contributed by atoms with van der Waals surface area (Å²) in [6.45, 7) is 5.01. The summed E-state index contributed by atoms with van der Waals surface area (Å²) in [6.07, 6.45) is 5.68. The normalized spacial score (nSPS) is 18.1. The van der Waals surface area contributed by atoms with Gasteiger partial charge in [-0.15, -0.1) is 0 Å². The van der Waals surface area contributed by atoms with E-state index in [1.165, 1.54) is 0 Å². The van der Waals surface area contributed by atoms with Crippen LogP contribution in [0.4, 0.5) is 0 Å². The predicted octanol–water partition coefficient (Wildman–Crippen LogP) is 4.26. The van der Waals surface area contributed by atoms with E-state index >= 15 is 0 Å². The van der Waals surface area contributed by atoms with Crippen molar-refractivity contribution in [3.63, 3.8) is 0 Å². The molecule has 0 fully saturated rings. The van der Waals surface area contributed by atoms with Crippen LogP contribution in [0.1, 0.15) is 46.9 Å². The first-order valence-electron chi connectivity index (χ1n) is 11.0. The molecule has 1 N–H and O–H groups in total. The summed E-state index contributed by atoms with van der Waals surface area (Å²) < 4.78 is 13.6. The van der Waals surface area contributed by atoms with Crippen molar-refractivity contribution in [1.82, 2.24) is 20.1 Å². The van der Waals surface area contributed by atoms with Crippen LogP contribution in [0.15, 0.2) is 55.0 Å².